The lowest BCUT2D eigenvalue weighted by molar-refractivity contribution is 0.591. The fourth-order valence-electron chi connectivity index (χ4n) is 9.95. The van der Waals surface area contributed by atoms with Crippen molar-refractivity contribution in [2.45, 2.75) is 91.7 Å². The summed E-state index contributed by atoms with van der Waals surface area (Å²) in [5, 5.41) is -3.55. The van der Waals surface area contributed by atoms with Crippen LogP contribution in [0.25, 0.3) is 76.2 Å². The Hall–Kier alpha value is -7.82. The Bertz CT molecular complexity index is 5800. The van der Waals surface area contributed by atoms with Gasteiger partial charge < -0.3 is 18.6 Å². The maximum Gasteiger partial charge on any atom is 0.0653 e. The van der Waals surface area contributed by atoms with Crippen molar-refractivity contribution in [2.75, 3.05) is 9.80 Å². The van der Waals surface area contributed by atoms with E-state index in [1.54, 1.807) is 57.2 Å². The van der Waals surface area contributed by atoms with Crippen LogP contribution in [0.5, 0.6) is 0 Å². The van der Waals surface area contributed by atoms with Gasteiger partial charge in [-0.1, -0.05) is 154 Å². The third kappa shape index (κ3) is 6.57. The second-order valence-electron chi connectivity index (χ2n) is 19.8. The molecule has 4 heterocycles. The van der Waals surface area contributed by atoms with Crippen molar-refractivity contribution in [3.63, 3.8) is 0 Å². The highest BCUT2D eigenvalue weighted by molar-refractivity contribution is 6.32. The zero-order valence-electron chi connectivity index (χ0n) is 71.1. The molecule has 0 atom stereocenters. The quantitative estimate of drug-likeness (QED) is 0.151. The van der Waals surface area contributed by atoms with Gasteiger partial charge in [0, 0.05) is 78.2 Å². The van der Waals surface area contributed by atoms with E-state index in [0.29, 0.717) is 5.56 Å². The molecule has 0 saturated carbocycles. The Morgan fingerprint density at radius 3 is 1.18 bits per heavy atom. The largest absolute Gasteiger partial charge is 0.310 e. The normalized spacial score (nSPS) is 19.5. The summed E-state index contributed by atoms with van der Waals surface area (Å²) in [5.41, 5.74) is -10.3. The molecule has 0 bridgehead atoms. The standard InChI is InChI=1S/C68H62N4/c1-41(2)43-21-27-49(28-22-43)69(47-17-13-11-14-18-47)59-35-31-51-53-39-62-54(40-61(53)71-57-33-25-45(67(5,6)7)37-55(57)63(59)65(51)71)52-32-36-60(64-56-38-46(68(8,9)10)26-34-58(56)72(62)66(52)64)70(48-19-15-12-16-20-48)50-29-23-44(24-30-50)42(3)4/h11-42H,1-10H3/i5D3,6D3,7D3,11D,12D,13D,14D,15D,16D,17D,18D,19D,20D,25D,26D,31D,32D,33D,34D,35D,36D,37D,38D,39D,40D. The van der Waals surface area contributed by atoms with Crippen LogP contribution in [0.2, 0.25) is 0 Å². The number of hydrogen-bond acceptors (Lipinski definition) is 2. The Morgan fingerprint density at radius 1 is 0.403 bits per heavy atom. The maximum absolute atomic E-state index is 10.8. The molecule has 13 rings (SSSR count). The number of nitrogens with zero attached hydrogens (tertiary/aromatic N) is 4. The zero-order chi connectivity index (χ0) is 76.2. The predicted molar refractivity (Wildman–Crippen MR) is 311 cm³/mol. The van der Waals surface area contributed by atoms with E-state index in [1.807, 2.05) is 27.7 Å². The minimum atomic E-state index is -4.19. The van der Waals surface area contributed by atoms with Crippen molar-refractivity contribution in [2.24, 2.45) is 0 Å². The zero-order valence-corrected chi connectivity index (χ0v) is 40.1. The summed E-state index contributed by atoms with van der Waals surface area (Å²) in [7, 11) is 0. The Kier molecular flexibility index (Phi) is 4.91. The Labute approximate surface area is 466 Å². The van der Waals surface area contributed by atoms with Crippen molar-refractivity contribution in [1.29, 1.82) is 0 Å². The predicted octanol–water partition coefficient (Wildman–Crippen LogP) is 19.8. The van der Waals surface area contributed by atoms with E-state index in [4.69, 9.17) is 20.6 Å². The van der Waals surface area contributed by atoms with Gasteiger partial charge in [0.1, 0.15) is 0 Å². The molecular weight excluding hydrogens is 873 g/mol. The first kappa shape index (κ1) is 22.3. The summed E-state index contributed by atoms with van der Waals surface area (Å²) >= 11 is 0. The molecule has 9 aromatic carbocycles. The van der Waals surface area contributed by atoms with Gasteiger partial charge in [0.25, 0.3) is 0 Å². The number of fused-ring (bicyclic) bond motifs is 12. The summed E-state index contributed by atoms with van der Waals surface area (Å²) in [5.74, 6) is -0.212. The van der Waals surface area contributed by atoms with E-state index in [2.05, 4.69) is 0 Å². The van der Waals surface area contributed by atoms with Gasteiger partial charge in [0.15, 0.2) is 0 Å². The van der Waals surface area contributed by atoms with Crippen LogP contribution < -0.4 is 9.80 Å². The third-order valence-corrected chi connectivity index (χ3v) is 13.5. The third-order valence-electron chi connectivity index (χ3n) is 13.5. The van der Waals surface area contributed by atoms with Crippen LogP contribution in [-0.2, 0) is 10.8 Å². The van der Waals surface area contributed by atoms with Gasteiger partial charge in [-0.2, -0.15) is 0 Å². The number of para-hydroxylation sites is 2. The van der Waals surface area contributed by atoms with E-state index < -0.39 is 236 Å². The van der Waals surface area contributed by atoms with Gasteiger partial charge in [-0.05, 0) is 142 Å². The molecule has 0 N–H and O–H groups in total. The number of anilines is 6. The van der Waals surface area contributed by atoms with E-state index in [1.165, 1.54) is 21.4 Å². The van der Waals surface area contributed by atoms with Crippen LogP contribution in [0.1, 0.15) is 146 Å². The molecular formula is C68H62N4. The highest BCUT2D eigenvalue weighted by Crippen LogP contribution is 2.52. The van der Waals surface area contributed by atoms with Crippen LogP contribution in [0.15, 0.2) is 181 Å². The van der Waals surface area contributed by atoms with E-state index >= 15 is 0 Å². The molecule has 0 unspecified atom stereocenters. The summed E-state index contributed by atoms with van der Waals surface area (Å²) in [6.45, 7) is 0.0880. The smallest absolute Gasteiger partial charge is 0.0653 e. The molecule has 0 aliphatic carbocycles. The van der Waals surface area contributed by atoms with Crippen LogP contribution >= 0.6 is 0 Å². The van der Waals surface area contributed by atoms with Crippen molar-refractivity contribution >= 4 is 110 Å². The molecule has 354 valence electrons. The first-order valence-electron chi connectivity index (χ1n) is 39.0. The molecule has 4 heteroatoms. The van der Waals surface area contributed by atoms with Gasteiger partial charge in [0.2, 0.25) is 0 Å². The van der Waals surface area contributed by atoms with Crippen molar-refractivity contribution < 1.29 is 42.5 Å². The van der Waals surface area contributed by atoms with Crippen LogP contribution in [0, 0.1) is 0 Å². The van der Waals surface area contributed by atoms with Crippen molar-refractivity contribution in [1.82, 2.24) is 8.80 Å². The lowest BCUT2D eigenvalue weighted by Crippen LogP contribution is -2.11. The molecule has 0 amide bonds. The lowest BCUT2D eigenvalue weighted by Gasteiger charge is -2.27. The summed E-state index contributed by atoms with van der Waals surface area (Å²) in [6.07, 6.45) is 0. The fourth-order valence-corrected chi connectivity index (χ4v) is 9.95. The first-order chi connectivity index (χ1) is 47.6. The van der Waals surface area contributed by atoms with Gasteiger partial charge in [-0.3, -0.25) is 0 Å². The van der Waals surface area contributed by atoms with Crippen LogP contribution in [0.3, 0.4) is 0 Å². The number of aromatic nitrogens is 2. The SMILES string of the molecule is [2H]c1c([2H])c([2H])c(N(c2ccc(C(C)C)cc2)c2c([2H])c([2H])c3c4c([2H])c5c(c([2H])c4n4c6c([2H])c([2H])c(C(C)(C)C)c([2H])c6c2c34)c2c([2H])c([2H])c(N(c3ccc(C(C)C)cc3)c3c([2H])c([2H])c([2H])c([2H])c3[2H])c3c4c([2H])c(C(C([2H])([2H])[2H])(C([2H])([2H])[2H])C([2H])([2H])[2H])c([2H])c([2H])c4n5c23)c([2H])c1[2H]. The van der Waals surface area contributed by atoms with Gasteiger partial charge in [-0.25, -0.2) is 0 Å². The molecule has 4 nitrogen and oxygen atoms in total. The summed E-state index contributed by atoms with van der Waals surface area (Å²) in [4.78, 5) is 2.16. The van der Waals surface area contributed by atoms with E-state index in [-0.39, 0.29) is 61.7 Å². The van der Waals surface area contributed by atoms with E-state index in [0.717, 1.165) is 14.9 Å². The Morgan fingerprint density at radius 2 is 0.806 bits per heavy atom. The van der Waals surface area contributed by atoms with Crippen molar-refractivity contribution in [3.05, 3.63) is 204 Å². The number of hydrogen-bond donors (Lipinski definition) is 0. The summed E-state index contributed by atoms with van der Waals surface area (Å²) < 4.78 is 296. The molecule has 0 fully saturated rings. The number of benzene rings is 9. The average molecular weight is 966 g/mol. The average Bonchev–Trinajstić information content (AvgIpc) is 1.49. The first-order valence-corrected chi connectivity index (χ1v) is 23.5. The Balaban J connectivity index is 1.35. The molecule has 0 aliphatic rings. The number of rotatable bonds is 8. The highest BCUT2D eigenvalue weighted by Gasteiger charge is 2.29. The molecule has 0 radical (unpaired) electrons. The summed E-state index contributed by atoms with van der Waals surface area (Å²) in [6, 6.07) is -6.08. The van der Waals surface area contributed by atoms with Gasteiger partial charge >= 0.3 is 0 Å². The second-order valence-corrected chi connectivity index (χ2v) is 19.8. The van der Waals surface area contributed by atoms with E-state index in [9.17, 15) is 21.9 Å². The molecule has 13 aromatic rings. The molecule has 72 heavy (non-hydrogen) atoms. The lowest BCUT2D eigenvalue weighted by atomic mass is 9.86. The molecule has 0 spiro atoms. The van der Waals surface area contributed by atoms with Crippen molar-refractivity contribution in [3.8, 4) is 0 Å². The molecule has 0 aliphatic heterocycles. The molecule has 0 saturated heterocycles. The minimum absolute atomic E-state index is 0.00507. The van der Waals surface area contributed by atoms with Crippen LogP contribution in [-0.4, -0.2) is 8.80 Å². The second kappa shape index (κ2) is 15.8. The van der Waals surface area contributed by atoms with Crippen LogP contribution in [0.4, 0.5) is 34.1 Å². The highest BCUT2D eigenvalue weighted by atomic mass is 15.2. The van der Waals surface area contributed by atoms with Gasteiger partial charge in [-0.15, -0.1) is 0 Å². The fraction of sp³-hybridized carbons (Fsp3) is 0.206. The topological polar surface area (TPSA) is 15.3 Å². The minimum Gasteiger partial charge on any atom is -0.310 e. The molecule has 4 aromatic heterocycles. The maximum atomic E-state index is 10.8. The van der Waals surface area contributed by atoms with Gasteiger partial charge in [0.05, 0.1) is 74.6 Å². The monoisotopic (exact) mass is 966 g/mol.